The van der Waals surface area contributed by atoms with Crippen molar-refractivity contribution < 1.29 is 9.15 Å². The van der Waals surface area contributed by atoms with Crippen LogP contribution in [0.3, 0.4) is 0 Å². The van der Waals surface area contributed by atoms with Gasteiger partial charge in [-0.05, 0) is 17.7 Å². The van der Waals surface area contributed by atoms with E-state index < -0.39 is 0 Å². The number of hydrogen-bond acceptors (Lipinski definition) is 6. The van der Waals surface area contributed by atoms with Gasteiger partial charge in [0.25, 0.3) is 0 Å². The van der Waals surface area contributed by atoms with Gasteiger partial charge >= 0.3 is 0 Å². The van der Waals surface area contributed by atoms with E-state index in [1.54, 1.807) is 4.68 Å². The fourth-order valence-electron chi connectivity index (χ4n) is 2.55. The quantitative estimate of drug-likeness (QED) is 0.674. The summed E-state index contributed by atoms with van der Waals surface area (Å²) in [4.78, 5) is 10.7. The van der Waals surface area contributed by atoms with Crippen molar-refractivity contribution in [3.63, 3.8) is 0 Å². The van der Waals surface area contributed by atoms with Gasteiger partial charge in [-0.2, -0.15) is 10.1 Å². The maximum Gasteiger partial charge on any atom is 0.225 e. The summed E-state index contributed by atoms with van der Waals surface area (Å²) in [5.41, 5.74) is 2.07. The maximum absolute atomic E-state index is 6.06. The van der Waals surface area contributed by atoms with Crippen molar-refractivity contribution in [3.8, 4) is 11.5 Å². The molecular formula is C14H14ClN5O2. The van der Waals surface area contributed by atoms with E-state index in [9.17, 15) is 0 Å². The zero-order valence-corrected chi connectivity index (χ0v) is 12.7. The van der Waals surface area contributed by atoms with E-state index in [0.717, 1.165) is 18.8 Å². The molecule has 4 rings (SSSR count). The van der Waals surface area contributed by atoms with Crippen LogP contribution in [0.2, 0.25) is 5.28 Å². The number of hydrogen-bond donors (Lipinski definition) is 0. The molecule has 0 aliphatic carbocycles. The third-order valence-electron chi connectivity index (χ3n) is 3.60. The molecule has 1 aliphatic rings. The van der Waals surface area contributed by atoms with E-state index in [1.165, 1.54) is 0 Å². The number of fused-ring (bicyclic) bond motifs is 1. The molecule has 0 N–H and O–H groups in total. The molecule has 0 bridgehead atoms. The SMILES string of the molecule is Cn1ccc(-c2cc3nc(Cl)nc(N4CCOCC4)c3o2)n1. The molecule has 0 amide bonds. The minimum Gasteiger partial charge on any atom is -0.449 e. The third kappa shape index (κ3) is 2.32. The van der Waals surface area contributed by atoms with Gasteiger partial charge in [-0.3, -0.25) is 4.68 Å². The minimum atomic E-state index is 0.211. The van der Waals surface area contributed by atoms with Crippen molar-refractivity contribution in [2.24, 2.45) is 7.05 Å². The van der Waals surface area contributed by atoms with Crippen molar-refractivity contribution >= 4 is 28.5 Å². The Morgan fingerprint density at radius 2 is 2.05 bits per heavy atom. The molecule has 8 heteroatoms. The van der Waals surface area contributed by atoms with Crippen molar-refractivity contribution in [2.45, 2.75) is 0 Å². The second kappa shape index (κ2) is 5.26. The lowest BCUT2D eigenvalue weighted by molar-refractivity contribution is 0.122. The predicted octanol–water partition coefficient (Wildman–Crippen LogP) is 2.11. The van der Waals surface area contributed by atoms with Gasteiger partial charge in [0.05, 0.1) is 13.2 Å². The molecule has 0 spiro atoms. The molecule has 114 valence electrons. The first-order valence-electron chi connectivity index (χ1n) is 7.00. The van der Waals surface area contributed by atoms with Crippen LogP contribution in [0, 0.1) is 0 Å². The monoisotopic (exact) mass is 319 g/mol. The summed E-state index contributed by atoms with van der Waals surface area (Å²) in [6.07, 6.45) is 1.87. The molecule has 0 saturated carbocycles. The summed E-state index contributed by atoms with van der Waals surface area (Å²) in [5.74, 6) is 1.36. The first-order chi connectivity index (χ1) is 10.7. The summed E-state index contributed by atoms with van der Waals surface area (Å²) < 4.78 is 13.1. The largest absolute Gasteiger partial charge is 0.449 e. The van der Waals surface area contributed by atoms with Gasteiger partial charge < -0.3 is 14.1 Å². The Hall–Kier alpha value is -2.12. The van der Waals surface area contributed by atoms with Crippen molar-refractivity contribution in [1.29, 1.82) is 0 Å². The standard InChI is InChI=1S/C14H14ClN5O2/c1-19-3-2-9(18-19)11-8-10-12(22-11)13(17-14(15)16-10)20-4-6-21-7-5-20/h2-3,8H,4-7H2,1H3. The second-order valence-corrected chi connectivity index (χ2v) is 5.45. The van der Waals surface area contributed by atoms with E-state index >= 15 is 0 Å². The highest BCUT2D eigenvalue weighted by Crippen LogP contribution is 2.32. The van der Waals surface area contributed by atoms with Crippen molar-refractivity contribution in [2.75, 3.05) is 31.2 Å². The van der Waals surface area contributed by atoms with Gasteiger partial charge in [-0.25, -0.2) is 4.98 Å². The minimum absolute atomic E-state index is 0.211. The van der Waals surface area contributed by atoms with Crippen LogP contribution < -0.4 is 4.90 Å². The number of anilines is 1. The molecule has 1 aliphatic heterocycles. The highest BCUT2D eigenvalue weighted by molar-refractivity contribution is 6.28. The van der Waals surface area contributed by atoms with Crippen molar-refractivity contribution in [1.82, 2.24) is 19.7 Å². The molecule has 1 fully saturated rings. The summed E-state index contributed by atoms with van der Waals surface area (Å²) in [5, 5.41) is 4.56. The second-order valence-electron chi connectivity index (χ2n) is 5.12. The van der Waals surface area contributed by atoms with E-state index in [0.29, 0.717) is 35.9 Å². The topological polar surface area (TPSA) is 69.2 Å². The van der Waals surface area contributed by atoms with Crippen LogP contribution in [-0.4, -0.2) is 46.1 Å². The Morgan fingerprint density at radius 1 is 1.23 bits per heavy atom. The first kappa shape index (κ1) is 13.5. The number of morpholine rings is 1. The number of halogens is 1. The Bertz CT molecular complexity index is 822. The number of aryl methyl sites for hydroxylation is 1. The van der Waals surface area contributed by atoms with E-state index in [2.05, 4.69) is 20.0 Å². The average Bonchev–Trinajstić information content (AvgIpc) is 3.13. The maximum atomic E-state index is 6.06. The number of nitrogens with zero attached hydrogens (tertiary/aromatic N) is 5. The summed E-state index contributed by atoms with van der Waals surface area (Å²) in [6.45, 7) is 2.83. The fourth-order valence-corrected chi connectivity index (χ4v) is 2.72. The van der Waals surface area contributed by atoms with Crippen LogP contribution in [0.15, 0.2) is 22.7 Å². The summed E-state index contributed by atoms with van der Waals surface area (Å²) in [6, 6.07) is 3.73. The molecule has 0 aromatic carbocycles. The highest BCUT2D eigenvalue weighted by atomic mass is 35.5. The van der Waals surface area contributed by atoms with Gasteiger partial charge in [0, 0.05) is 32.4 Å². The fraction of sp³-hybridized carbons (Fsp3) is 0.357. The first-order valence-corrected chi connectivity index (χ1v) is 7.38. The molecule has 3 aromatic heterocycles. The lowest BCUT2D eigenvalue weighted by Gasteiger charge is -2.27. The van der Waals surface area contributed by atoms with Gasteiger partial charge in [0.1, 0.15) is 11.2 Å². The smallest absolute Gasteiger partial charge is 0.225 e. The molecule has 0 atom stereocenters. The Labute approximate surface area is 131 Å². The highest BCUT2D eigenvalue weighted by Gasteiger charge is 2.21. The molecule has 1 saturated heterocycles. The molecule has 0 radical (unpaired) electrons. The van der Waals surface area contributed by atoms with Crippen LogP contribution in [0.4, 0.5) is 5.82 Å². The zero-order chi connectivity index (χ0) is 15.1. The lowest BCUT2D eigenvalue weighted by atomic mass is 10.3. The summed E-state index contributed by atoms with van der Waals surface area (Å²) >= 11 is 6.06. The third-order valence-corrected chi connectivity index (χ3v) is 3.77. The predicted molar refractivity (Wildman–Crippen MR) is 82.0 cm³/mol. The lowest BCUT2D eigenvalue weighted by Crippen LogP contribution is -2.36. The number of ether oxygens (including phenoxy) is 1. The van der Waals surface area contributed by atoms with Gasteiger partial charge in [-0.1, -0.05) is 0 Å². The van der Waals surface area contributed by atoms with E-state index in [-0.39, 0.29) is 5.28 Å². The van der Waals surface area contributed by atoms with Crippen LogP contribution in [-0.2, 0) is 11.8 Å². The van der Waals surface area contributed by atoms with Crippen molar-refractivity contribution in [3.05, 3.63) is 23.6 Å². The zero-order valence-electron chi connectivity index (χ0n) is 12.0. The van der Waals surface area contributed by atoms with Gasteiger partial charge in [-0.15, -0.1) is 0 Å². The van der Waals surface area contributed by atoms with Crippen LogP contribution in [0.1, 0.15) is 0 Å². The molecule has 4 heterocycles. The Balaban J connectivity index is 1.84. The van der Waals surface area contributed by atoms with Crippen LogP contribution in [0.5, 0.6) is 0 Å². The average molecular weight is 320 g/mol. The van der Waals surface area contributed by atoms with Crippen LogP contribution in [0.25, 0.3) is 22.6 Å². The number of rotatable bonds is 2. The molecule has 22 heavy (non-hydrogen) atoms. The normalized spacial score (nSPS) is 15.6. The molecule has 0 unspecified atom stereocenters. The summed E-state index contributed by atoms with van der Waals surface area (Å²) in [7, 11) is 1.86. The number of aromatic nitrogens is 4. The van der Waals surface area contributed by atoms with E-state index in [1.807, 2.05) is 25.4 Å². The number of furan rings is 1. The molecule has 7 nitrogen and oxygen atoms in total. The van der Waals surface area contributed by atoms with Gasteiger partial charge in [0.15, 0.2) is 17.2 Å². The van der Waals surface area contributed by atoms with E-state index in [4.69, 9.17) is 20.8 Å². The van der Waals surface area contributed by atoms with Gasteiger partial charge in [0.2, 0.25) is 5.28 Å². The Morgan fingerprint density at radius 3 is 2.77 bits per heavy atom. The molecular weight excluding hydrogens is 306 g/mol. The van der Waals surface area contributed by atoms with Crippen LogP contribution >= 0.6 is 11.6 Å². The molecule has 3 aromatic rings. The Kier molecular flexibility index (Phi) is 3.24.